The molecule has 0 rings (SSSR count). The van der Waals surface area contributed by atoms with E-state index in [-0.39, 0.29) is 32.7 Å². The van der Waals surface area contributed by atoms with Crippen LogP contribution in [0.1, 0.15) is 181 Å². The van der Waals surface area contributed by atoms with E-state index in [4.69, 9.17) is 18.9 Å². The Morgan fingerprint density at radius 2 is 0.704 bits per heavy atom. The third-order valence-corrected chi connectivity index (χ3v) is 11.9. The zero-order chi connectivity index (χ0) is 59.1. The van der Waals surface area contributed by atoms with E-state index in [1.807, 2.05) is 33.3 Å². The molecule has 9 heteroatoms. The van der Waals surface area contributed by atoms with Crippen LogP contribution in [-0.4, -0.2) is 87.4 Å². The normalized spacial score (nSPS) is 14.1. The standard InChI is InChI=1S/C72H109NO8/c1-6-8-10-12-14-16-18-20-22-23-24-25-26-27-28-29-30-31-32-33-34-35-36-37-38-39-40-41-42-43-44-45-46-47-49-51-53-55-57-59-61-63-70(75)81-68(67-80-72(71(76)77)78-65-64-73(3,4)5)66-79-69(74)62-60-58-56-54-52-50-48-21-19-17-15-13-11-9-7-2/h8-11,14-17,20-22,24-25,27-28,30-31,33-34,36-37,39-40,42-43,45-46,48,52,54,58,60,68,72H,6-7,12-13,18-19,23,26,29,32,35,38,41,44,47,49-51,53,55-57,59,61-67H2,1-5H3/p+1/b10-8-,11-9-,16-14-,17-15-,22-20-,25-24-,28-27-,31-30-,34-33-,37-36-,40-39-,43-42-,46-45-,48-21-,54-52-,60-58-. The van der Waals surface area contributed by atoms with Crippen molar-refractivity contribution < 1.29 is 42.9 Å². The third kappa shape index (κ3) is 61.6. The van der Waals surface area contributed by atoms with Crippen LogP contribution in [0.5, 0.6) is 0 Å². The van der Waals surface area contributed by atoms with Gasteiger partial charge >= 0.3 is 17.9 Å². The van der Waals surface area contributed by atoms with Gasteiger partial charge in [-0.15, -0.1) is 0 Å². The number of esters is 2. The van der Waals surface area contributed by atoms with Gasteiger partial charge in [-0.2, -0.15) is 0 Å². The minimum Gasteiger partial charge on any atom is -0.477 e. The van der Waals surface area contributed by atoms with Gasteiger partial charge in [0.2, 0.25) is 0 Å². The maximum atomic E-state index is 12.9. The molecule has 0 saturated carbocycles. The van der Waals surface area contributed by atoms with Crippen molar-refractivity contribution in [2.24, 2.45) is 0 Å². The molecule has 0 radical (unpaired) electrons. The van der Waals surface area contributed by atoms with Crippen LogP contribution >= 0.6 is 0 Å². The highest BCUT2D eigenvalue weighted by Gasteiger charge is 2.25. The SMILES string of the molecule is CC/C=C\C/C=C\C/C=C\C/C=C\C/C=C\C/C=C\C/C=C\C/C=C\C/C=C\C/C=C\C/C=C\CCCCCCCCCC(=O)OC(COC(=O)C/C=C\C/C=C\C/C=C\C/C=C\C/C=C\CC)COC(OCC[N+](C)(C)C)C(=O)O. The van der Waals surface area contributed by atoms with Gasteiger partial charge < -0.3 is 28.5 Å². The minimum atomic E-state index is -1.55. The van der Waals surface area contributed by atoms with E-state index in [0.717, 1.165) is 128 Å². The highest BCUT2D eigenvalue weighted by atomic mass is 16.7. The van der Waals surface area contributed by atoms with E-state index in [1.165, 1.54) is 12.8 Å². The molecule has 2 atom stereocenters. The lowest BCUT2D eigenvalue weighted by Crippen LogP contribution is -2.40. The Morgan fingerprint density at radius 1 is 0.383 bits per heavy atom. The summed E-state index contributed by atoms with van der Waals surface area (Å²) in [5.74, 6) is -2.21. The fraction of sp³-hybridized carbons (Fsp3) is 0.514. The fourth-order valence-electron chi connectivity index (χ4n) is 7.27. The van der Waals surface area contributed by atoms with Crippen LogP contribution < -0.4 is 0 Å². The Hall–Kier alpha value is -5.87. The van der Waals surface area contributed by atoms with E-state index in [1.54, 1.807) is 6.08 Å². The van der Waals surface area contributed by atoms with Gasteiger partial charge in [-0.25, -0.2) is 4.79 Å². The number of unbranched alkanes of at least 4 members (excludes halogenated alkanes) is 7. The van der Waals surface area contributed by atoms with Crippen molar-refractivity contribution in [3.05, 3.63) is 194 Å². The first-order valence-corrected chi connectivity index (χ1v) is 30.6. The number of quaternary nitrogens is 1. The van der Waals surface area contributed by atoms with Gasteiger partial charge in [0.05, 0.1) is 40.8 Å². The minimum absolute atomic E-state index is 0.0562. The highest BCUT2D eigenvalue weighted by molar-refractivity contribution is 5.72. The maximum absolute atomic E-state index is 12.9. The lowest BCUT2D eigenvalue weighted by atomic mass is 10.1. The van der Waals surface area contributed by atoms with Crippen LogP contribution in [0.3, 0.4) is 0 Å². The van der Waals surface area contributed by atoms with Gasteiger partial charge in [0.15, 0.2) is 6.10 Å². The summed E-state index contributed by atoms with van der Waals surface area (Å²) >= 11 is 0. The van der Waals surface area contributed by atoms with Crippen molar-refractivity contribution in [2.75, 3.05) is 47.5 Å². The number of carboxylic acids is 1. The first kappa shape index (κ1) is 75.1. The van der Waals surface area contributed by atoms with Crippen LogP contribution in [0.25, 0.3) is 0 Å². The molecule has 0 amide bonds. The monoisotopic (exact) mass is 1120 g/mol. The molecule has 9 nitrogen and oxygen atoms in total. The summed E-state index contributed by atoms with van der Waals surface area (Å²) in [6.45, 7) is 4.47. The predicted molar refractivity (Wildman–Crippen MR) is 345 cm³/mol. The molecule has 2 unspecified atom stereocenters. The Kier molecular flexibility index (Phi) is 55.9. The Morgan fingerprint density at radius 3 is 1.05 bits per heavy atom. The molecule has 0 fully saturated rings. The van der Waals surface area contributed by atoms with Crippen molar-refractivity contribution in [3.63, 3.8) is 0 Å². The van der Waals surface area contributed by atoms with Crippen LogP contribution in [0.4, 0.5) is 0 Å². The summed E-state index contributed by atoms with van der Waals surface area (Å²) in [4.78, 5) is 37.3. The molecule has 450 valence electrons. The molecule has 0 aromatic carbocycles. The summed E-state index contributed by atoms with van der Waals surface area (Å²) in [6.07, 6.45) is 91.3. The van der Waals surface area contributed by atoms with Crippen molar-refractivity contribution in [2.45, 2.75) is 193 Å². The molecule has 81 heavy (non-hydrogen) atoms. The number of nitrogens with zero attached hydrogens (tertiary/aromatic N) is 1. The summed E-state index contributed by atoms with van der Waals surface area (Å²) in [7, 11) is 5.92. The lowest BCUT2D eigenvalue weighted by Gasteiger charge is -2.25. The van der Waals surface area contributed by atoms with Gasteiger partial charge in [-0.05, 0) is 122 Å². The molecule has 0 aromatic rings. The number of carbonyl (C=O) groups excluding carboxylic acids is 2. The summed E-state index contributed by atoms with van der Waals surface area (Å²) in [5, 5.41) is 9.69. The molecule has 0 aromatic heterocycles. The van der Waals surface area contributed by atoms with Crippen LogP contribution in [-0.2, 0) is 33.3 Å². The average molecular weight is 1120 g/mol. The number of carbonyl (C=O) groups is 3. The molecule has 0 aliphatic heterocycles. The zero-order valence-electron chi connectivity index (χ0n) is 51.1. The largest absolute Gasteiger partial charge is 0.477 e. The molecule has 0 spiro atoms. The van der Waals surface area contributed by atoms with Crippen LogP contribution in [0, 0.1) is 0 Å². The average Bonchev–Trinajstić information content (AvgIpc) is 3.44. The lowest BCUT2D eigenvalue weighted by molar-refractivity contribution is -0.870. The molecule has 1 N–H and O–H groups in total. The molecule has 0 aliphatic rings. The van der Waals surface area contributed by atoms with Gasteiger partial charge in [-0.3, -0.25) is 9.59 Å². The second-order valence-electron chi connectivity index (χ2n) is 20.6. The number of carboxylic acid groups (broad SMARTS) is 1. The number of allylic oxidation sites excluding steroid dienone is 31. The van der Waals surface area contributed by atoms with E-state index in [9.17, 15) is 19.5 Å². The molecule has 0 aliphatic carbocycles. The quantitative estimate of drug-likeness (QED) is 0.0211. The van der Waals surface area contributed by atoms with Crippen molar-refractivity contribution in [3.8, 4) is 0 Å². The van der Waals surface area contributed by atoms with Crippen molar-refractivity contribution in [1.29, 1.82) is 0 Å². The molecule has 0 heterocycles. The van der Waals surface area contributed by atoms with Gasteiger partial charge in [0.25, 0.3) is 6.29 Å². The number of aliphatic carboxylic acids is 1. The van der Waals surface area contributed by atoms with Crippen molar-refractivity contribution >= 4 is 17.9 Å². The fourth-order valence-corrected chi connectivity index (χ4v) is 7.27. The Bertz CT molecular complexity index is 2020. The second kappa shape index (κ2) is 60.2. The maximum Gasteiger partial charge on any atom is 0.361 e. The zero-order valence-corrected chi connectivity index (χ0v) is 51.1. The van der Waals surface area contributed by atoms with Crippen LogP contribution in [0.15, 0.2) is 194 Å². The number of hydrogen-bond donors (Lipinski definition) is 1. The van der Waals surface area contributed by atoms with E-state index >= 15 is 0 Å². The summed E-state index contributed by atoms with van der Waals surface area (Å²) < 4.78 is 22.7. The number of hydrogen-bond acceptors (Lipinski definition) is 7. The molecule has 0 bridgehead atoms. The summed E-state index contributed by atoms with van der Waals surface area (Å²) in [5.41, 5.74) is 0. The van der Waals surface area contributed by atoms with Crippen molar-refractivity contribution in [1.82, 2.24) is 0 Å². The smallest absolute Gasteiger partial charge is 0.361 e. The topological polar surface area (TPSA) is 108 Å². The Labute approximate surface area is 493 Å². The second-order valence-corrected chi connectivity index (χ2v) is 20.6. The number of likely N-dealkylation sites (N-methyl/N-ethyl adjacent to an activating group) is 1. The predicted octanol–water partition coefficient (Wildman–Crippen LogP) is 18.7. The van der Waals surface area contributed by atoms with Gasteiger partial charge in [0.1, 0.15) is 13.2 Å². The molecule has 0 saturated heterocycles. The van der Waals surface area contributed by atoms with Gasteiger partial charge in [0, 0.05) is 6.42 Å². The number of rotatable bonds is 53. The van der Waals surface area contributed by atoms with E-state index < -0.39 is 30.3 Å². The highest BCUT2D eigenvalue weighted by Crippen LogP contribution is 2.13. The number of ether oxygens (including phenoxy) is 4. The molecular formula is C72H110NO8+. The third-order valence-electron chi connectivity index (χ3n) is 11.9. The first-order valence-electron chi connectivity index (χ1n) is 30.6. The van der Waals surface area contributed by atoms with E-state index in [2.05, 4.69) is 190 Å². The summed E-state index contributed by atoms with van der Waals surface area (Å²) in [6, 6.07) is 0. The van der Waals surface area contributed by atoms with Crippen LogP contribution in [0.2, 0.25) is 0 Å². The molecular weight excluding hydrogens is 1010 g/mol. The Balaban J connectivity index is 4.27. The first-order chi connectivity index (χ1) is 39.6. The van der Waals surface area contributed by atoms with E-state index in [0.29, 0.717) is 23.9 Å². The van der Waals surface area contributed by atoms with Gasteiger partial charge in [-0.1, -0.05) is 240 Å².